The molecule has 0 aromatic carbocycles. The first-order valence-electron chi connectivity index (χ1n) is 7.53. The third-order valence-electron chi connectivity index (χ3n) is 3.15. The van der Waals surface area contributed by atoms with Crippen LogP contribution < -0.4 is 5.32 Å². The molecule has 0 aliphatic rings. The van der Waals surface area contributed by atoms with Crippen molar-refractivity contribution in [3.8, 4) is 27.1 Å². The summed E-state index contributed by atoms with van der Waals surface area (Å²) in [6.45, 7) is 5.32. The summed E-state index contributed by atoms with van der Waals surface area (Å²) in [5.41, 5.74) is 0.333. The maximum absolute atomic E-state index is 12.1. The second kappa shape index (κ2) is 6.75. The lowest BCUT2D eigenvalue weighted by Crippen LogP contribution is -2.27. The zero-order chi connectivity index (χ0) is 18.0. The first-order chi connectivity index (χ1) is 11.9. The van der Waals surface area contributed by atoms with E-state index in [9.17, 15) is 10.1 Å². The summed E-state index contributed by atoms with van der Waals surface area (Å²) in [5.74, 6) is 0.670. The first-order valence-corrected chi connectivity index (χ1v) is 9.29. The molecule has 0 saturated carbocycles. The van der Waals surface area contributed by atoms with Gasteiger partial charge in [-0.15, -0.1) is 22.7 Å². The number of carbonyl (C=O) groups excluding carboxylic acids is 1. The van der Waals surface area contributed by atoms with Gasteiger partial charge in [-0.2, -0.15) is 5.26 Å². The van der Waals surface area contributed by atoms with Crippen molar-refractivity contribution in [2.24, 2.45) is 0 Å². The standard InChI is InChI=1S/C18H16N2O3S2/c1-18(2,3)23-17(21)20-16-11(10-19)14(12-6-4-8-24-12)15(22-16)13-7-5-9-25-13/h4-9H,1-3H3,(H,20,21). The van der Waals surface area contributed by atoms with Gasteiger partial charge in [0, 0.05) is 4.88 Å². The Labute approximate surface area is 153 Å². The van der Waals surface area contributed by atoms with Gasteiger partial charge in [-0.1, -0.05) is 12.1 Å². The summed E-state index contributed by atoms with van der Waals surface area (Å²) in [4.78, 5) is 13.9. The van der Waals surface area contributed by atoms with E-state index in [0.29, 0.717) is 11.3 Å². The molecule has 3 heterocycles. The Balaban J connectivity index is 2.07. The van der Waals surface area contributed by atoms with Gasteiger partial charge in [-0.05, 0) is 43.7 Å². The summed E-state index contributed by atoms with van der Waals surface area (Å²) in [6.07, 6.45) is -0.659. The number of rotatable bonds is 3. The van der Waals surface area contributed by atoms with Crippen LogP contribution in [0.2, 0.25) is 0 Å². The van der Waals surface area contributed by atoms with Gasteiger partial charge < -0.3 is 9.15 Å². The minimum Gasteiger partial charge on any atom is -0.444 e. The average Bonchev–Trinajstić information content (AvgIpc) is 3.25. The van der Waals surface area contributed by atoms with Gasteiger partial charge in [0.2, 0.25) is 5.88 Å². The molecular formula is C18H16N2O3S2. The molecule has 1 amide bonds. The van der Waals surface area contributed by atoms with Crippen LogP contribution in [0.4, 0.5) is 10.7 Å². The van der Waals surface area contributed by atoms with E-state index >= 15 is 0 Å². The number of amides is 1. The molecular weight excluding hydrogens is 356 g/mol. The highest BCUT2D eigenvalue weighted by atomic mass is 32.1. The van der Waals surface area contributed by atoms with E-state index in [-0.39, 0.29) is 11.4 Å². The Morgan fingerprint density at radius 1 is 1.20 bits per heavy atom. The van der Waals surface area contributed by atoms with Crippen molar-refractivity contribution in [1.82, 2.24) is 0 Å². The molecule has 0 spiro atoms. The van der Waals surface area contributed by atoms with Gasteiger partial charge in [-0.3, -0.25) is 5.32 Å². The van der Waals surface area contributed by atoms with E-state index in [1.54, 1.807) is 20.8 Å². The molecule has 0 radical (unpaired) electrons. The molecule has 3 aromatic heterocycles. The number of anilines is 1. The predicted molar refractivity (Wildman–Crippen MR) is 99.9 cm³/mol. The molecule has 3 aromatic rings. The molecule has 128 valence electrons. The maximum atomic E-state index is 12.1. The minimum absolute atomic E-state index is 0.101. The monoisotopic (exact) mass is 372 g/mol. The second-order valence-corrected chi connectivity index (χ2v) is 8.10. The number of nitrogens with zero attached hydrogens (tertiary/aromatic N) is 1. The van der Waals surface area contributed by atoms with Crippen molar-refractivity contribution < 1.29 is 13.9 Å². The average molecular weight is 372 g/mol. The lowest BCUT2D eigenvalue weighted by molar-refractivity contribution is 0.0632. The Hall–Kier alpha value is -2.56. The van der Waals surface area contributed by atoms with Crippen LogP contribution in [-0.2, 0) is 4.74 Å². The van der Waals surface area contributed by atoms with E-state index < -0.39 is 11.7 Å². The van der Waals surface area contributed by atoms with E-state index in [0.717, 1.165) is 9.75 Å². The zero-order valence-electron chi connectivity index (χ0n) is 14.0. The van der Waals surface area contributed by atoms with Crippen molar-refractivity contribution in [2.75, 3.05) is 5.32 Å². The van der Waals surface area contributed by atoms with E-state index in [2.05, 4.69) is 11.4 Å². The second-order valence-electron chi connectivity index (χ2n) is 6.20. The Morgan fingerprint density at radius 2 is 1.84 bits per heavy atom. The molecule has 5 nitrogen and oxygen atoms in total. The summed E-state index contributed by atoms with van der Waals surface area (Å²) >= 11 is 3.02. The fourth-order valence-corrected chi connectivity index (χ4v) is 3.74. The number of carbonyl (C=O) groups is 1. The van der Waals surface area contributed by atoms with Gasteiger partial charge >= 0.3 is 6.09 Å². The number of thiophene rings is 2. The van der Waals surface area contributed by atoms with Gasteiger partial charge in [0.05, 0.1) is 10.4 Å². The SMILES string of the molecule is CC(C)(C)OC(=O)Nc1oc(-c2cccs2)c(-c2cccs2)c1C#N. The van der Waals surface area contributed by atoms with E-state index in [1.165, 1.54) is 22.7 Å². The number of furan rings is 1. The molecule has 0 bridgehead atoms. The third-order valence-corrected chi connectivity index (χ3v) is 4.90. The van der Waals surface area contributed by atoms with Crippen LogP contribution >= 0.6 is 22.7 Å². The molecule has 0 fully saturated rings. The number of hydrogen-bond donors (Lipinski definition) is 1. The van der Waals surface area contributed by atoms with Crippen molar-refractivity contribution in [3.63, 3.8) is 0 Å². The fraction of sp³-hybridized carbons (Fsp3) is 0.222. The Bertz CT molecular complexity index is 911. The van der Waals surface area contributed by atoms with Gasteiger partial charge in [0.1, 0.15) is 17.2 Å². The molecule has 0 unspecified atom stereocenters. The van der Waals surface area contributed by atoms with Crippen molar-refractivity contribution in [3.05, 3.63) is 40.6 Å². The van der Waals surface area contributed by atoms with Crippen molar-refractivity contribution in [2.45, 2.75) is 26.4 Å². The largest absolute Gasteiger partial charge is 0.444 e. The van der Waals surface area contributed by atoms with Crippen LogP contribution in [-0.4, -0.2) is 11.7 Å². The molecule has 25 heavy (non-hydrogen) atoms. The molecule has 3 rings (SSSR count). The van der Waals surface area contributed by atoms with Crippen LogP contribution in [0.1, 0.15) is 26.3 Å². The molecule has 7 heteroatoms. The molecule has 1 N–H and O–H groups in total. The van der Waals surface area contributed by atoms with Crippen LogP contribution in [0.25, 0.3) is 21.1 Å². The molecule has 0 saturated heterocycles. The summed E-state index contributed by atoms with van der Waals surface area (Å²) in [7, 11) is 0. The smallest absolute Gasteiger partial charge is 0.414 e. The lowest BCUT2D eigenvalue weighted by atomic mass is 10.1. The van der Waals surface area contributed by atoms with Crippen LogP contribution in [0.3, 0.4) is 0 Å². The number of nitrogens with one attached hydrogen (secondary N) is 1. The van der Waals surface area contributed by atoms with E-state index in [4.69, 9.17) is 9.15 Å². The van der Waals surface area contributed by atoms with Gasteiger partial charge in [-0.25, -0.2) is 4.79 Å². The molecule has 0 aliphatic heterocycles. The molecule has 0 atom stereocenters. The van der Waals surface area contributed by atoms with Crippen molar-refractivity contribution in [1.29, 1.82) is 5.26 Å². The highest BCUT2D eigenvalue weighted by Crippen LogP contribution is 2.44. The summed E-state index contributed by atoms with van der Waals surface area (Å²) in [6, 6.07) is 9.81. The molecule has 0 aliphatic carbocycles. The summed E-state index contributed by atoms with van der Waals surface area (Å²) in [5, 5.41) is 16.1. The first kappa shape index (κ1) is 17.3. The van der Waals surface area contributed by atoms with Crippen LogP contribution in [0, 0.1) is 11.3 Å². The highest BCUT2D eigenvalue weighted by Gasteiger charge is 2.26. The number of hydrogen-bond acceptors (Lipinski definition) is 6. The summed E-state index contributed by atoms with van der Waals surface area (Å²) < 4.78 is 11.1. The van der Waals surface area contributed by atoms with Gasteiger partial charge in [0.15, 0.2) is 5.76 Å². The number of ether oxygens (including phenoxy) is 1. The predicted octanol–water partition coefficient (Wildman–Crippen LogP) is 5.96. The Morgan fingerprint density at radius 3 is 2.36 bits per heavy atom. The zero-order valence-corrected chi connectivity index (χ0v) is 15.6. The lowest BCUT2D eigenvalue weighted by Gasteiger charge is -2.19. The minimum atomic E-state index is -0.659. The maximum Gasteiger partial charge on any atom is 0.414 e. The van der Waals surface area contributed by atoms with E-state index in [1.807, 2.05) is 35.0 Å². The quantitative estimate of drug-likeness (QED) is 0.616. The van der Waals surface area contributed by atoms with Gasteiger partial charge in [0.25, 0.3) is 0 Å². The van der Waals surface area contributed by atoms with Crippen LogP contribution in [0.5, 0.6) is 0 Å². The third kappa shape index (κ3) is 3.76. The fourth-order valence-electron chi connectivity index (χ4n) is 2.26. The van der Waals surface area contributed by atoms with Crippen LogP contribution in [0.15, 0.2) is 39.4 Å². The van der Waals surface area contributed by atoms with Crippen molar-refractivity contribution >= 4 is 34.7 Å². The number of nitriles is 1. The highest BCUT2D eigenvalue weighted by molar-refractivity contribution is 7.14. The Kier molecular flexibility index (Phi) is 4.66. The topological polar surface area (TPSA) is 75.3 Å². The normalized spacial score (nSPS) is 11.1.